The van der Waals surface area contributed by atoms with Gasteiger partial charge in [-0.2, -0.15) is 5.10 Å². The van der Waals surface area contributed by atoms with Crippen molar-refractivity contribution in [2.24, 2.45) is 5.10 Å². The number of hydrogen-bond donors (Lipinski definition) is 1. The molecule has 2 aromatic carbocycles. The molecule has 2 rings (SSSR count). The maximum absolute atomic E-state index is 11.9. The molecule has 0 unspecified atom stereocenters. The molecule has 0 heterocycles. The second kappa shape index (κ2) is 8.34. The molecule has 120 valence electrons. The third kappa shape index (κ3) is 5.42. The van der Waals surface area contributed by atoms with Crippen LogP contribution in [-0.4, -0.2) is 18.7 Å². The van der Waals surface area contributed by atoms with E-state index in [1.54, 1.807) is 31.4 Å². The molecule has 2 aromatic rings. The van der Waals surface area contributed by atoms with E-state index < -0.39 is 0 Å². The Morgan fingerprint density at radius 2 is 1.78 bits per heavy atom. The molecular weight excluding hydrogens is 312 g/mol. The summed E-state index contributed by atoms with van der Waals surface area (Å²) in [6.07, 6.45) is 1.63. The Hall–Kier alpha value is -2.33. The lowest BCUT2D eigenvalue weighted by molar-refractivity contribution is 0.0954. The van der Waals surface area contributed by atoms with Crippen LogP contribution in [0.25, 0.3) is 0 Å². The van der Waals surface area contributed by atoms with Gasteiger partial charge in [0.05, 0.1) is 7.11 Å². The van der Waals surface area contributed by atoms with Gasteiger partial charge < -0.3 is 4.74 Å². The zero-order valence-corrected chi connectivity index (χ0v) is 13.9. The third-order valence-corrected chi connectivity index (χ3v) is 3.64. The fourth-order valence-corrected chi connectivity index (χ4v) is 2.11. The summed E-state index contributed by atoms with van der Waals surface area (Å²) in [7, 11) is 1.65. The SMILES string of the molecule is COc1ccc(CC/C(C)=N\NC(=O)c2ccc(Cl)cc2)cc1. The average Bonchev–Trinajstić information content (AvgIpc) is 2.59. The van der Waals surface area contributed by atoms with Crippen LogP contribution in [0, 0.1) is 0 Å². The van der Waals surface area contributed by atoms with E-state index in [2.05, 4.69) is 10.5 Å². The van der Waals surface area contributed by atoms with Crippen LogP contribution in [-0.2, 0) is 6.42 Å². The molecule has 0 bridgehead atoms. The van der Waals surface area contributed by atoms with Crippen molar-refractivity contribution in [2.45, 2.75) is 19.8 Å². The van der Waals surface area contributed by atoms with Crippen LogP contribution in [0.15, 0.2) is 53.6 Å². The Labute approximate surface area is 141 Å². The molecule has 0 aliphatic heterocycles. The predicted molar refractivity (Wildman–Crippen MR) is 93.3 cm³/mol. The van der Waals surface area contributed by atoms with Crippen molar-refractivity contribution in [1.29, 1.82) is 0 Å². The summed E-state index contributed by atoms with van der Waals surface area (Å²) in [5.41, 5.74) is 5.15. The molecule has 1 N–H and O–H groups in total. The highest BCUT2D eigenvalue weighted by Crippen LogP contribution is 2.13. The number of hydrazone groups is 1. The smallest absolute Gasteiger partial charge is 0.271 e. The van der Waals surface area contributed by atoms with Crippen LogP contribution < -0.4 is 10.2 Å². The van der Waals surface area contributed by atoms with Gasteiger partial charge in [-0.15, -0.1) is 0 Å². The average molecular weight is 331 g/mol. The lowest BCUT2D eigenvalue weighted by atomic mass is 10.1. The highest BCUT2D eigenvalue weighted by Gasteiger charge is 2.04. The van der Waals surface area contributed by atoms with E-state index in [0.29, 0.717) is 10.6 Å². The summed E-state index contributed by atoms with van der Waals surface area (Å²) < 4.78 is 5.13. The number of nitrogens with one attached hydrogen (secondary N) is 1. The van der Waals surface area contributed by atoms with Crippen molar-refractivity contribution in [3.63, 3.8) is 0 Å². The number of methoxy groups -OCH3 is 1. The topological polar surface area (TPSA) is 50.7 Å². The number of carbonyl (C=O) groups is 1. The van der Waals surface area contributed by atoms with E-state index in [1.165, 1.54) is 5.56 Å². The molecule has 0 aliphatic carbocycles. The highest BCUT2D eigenvalue weighted by atomic mass is 35.5. The second-order valence-electron chi connectivity index (χ2n) is 5.14. The van der Waals surface area contributed by atoms with E-state index in [1.807, 2.05) is 31.2 Å². The summed E-state index contributed by atoms with van der Waals surface area (Å²) in [6.45, 7) is 1.89. The van der Waals surface area contributed by atoms with Gasteiger partial charge in [-0.25, -0.2) is 5.43 Å². The number of benzene rings is 2. The lowest BCUT2D eigenvalue weighted by Crippen LogP contribution is -2.19. The fourth-order valence-electron chi connectivity index (χ4n) is 1.99. The lowest BCUT2D eigenvalue weighted by Gasteiger charge is -2.05. The van der Waals surface area contributed by atoms with Crippen molar-refractivity contribution in [1.82, 2.24) is 5.43 Å². The van der Waals surface area contributed by atoms with Crippen LogP contribution in [0.4, 0.5) is 0 Å². The second-order valence-corrected chi connectivity index (χ2v) is 5.58. The largest absolute Gasteiger partial charge is 0.497 e. The maximum atomic E-state index is 11.9. The summed E-state index contributed by atoms with van der Waals surface area (Å²) in [4.78, 5) is 11.9. The summed E-state index contributed by atoms with van der Waals surface area (Å²) in [5, 5.41) is 4.73. The molecule has 0 radical (unpaired) electrons. The molecule has 0 saturated heterocycles. The van der Waals surface area contributed by atoms with Crippen LogP contribution >= 0.6 is 11.6 Å². The van der Waals surface area contributed by atoms with Gasteiger partial charge in [-0.1, -0.05) is 23.7 Å². The number of amides is 1. The zero-order chi connectivity index (χ0) is 16.7. The van der Waals surface area contributed by atoms with Crippen molar-refractivity contribution in [3.8, 4) is 5.75 Å². The number of hydrogen-bond acceptors (Lipinski definition) is 3. The fraction of sp³-hybridized carbons (Fsp3) is 0.222. The predicted octanol–water partition coefficient (Wildman–Crippen LogP) is 4.09. The number of ether oxygens (including phenoxy) is 1. The first-order valence-electron chi connectivity index (χ1n) is 7.30. The minimum atomic E-state index is -0.245. The van der Waals surface area contributed by atoms with E-state index in [9.17, 15) is 4.79 Å². The van der Waals surface area contributed by atoms with Gasteiger partial charge in [-0.3, -0.25) is 4.79 Å². The number of rotatable bonds is 6. The molecule has 23 heavy (non-hydrogen) atoms. The van der Waals surface area contributed by atoms with Gasteiger partial charge in [0.2, 0.25) is 0 Å². The van der Waals surface area contributed by atoms with Gasteiger partial charge in [0.15, 0.2) is 0 Å². The molecule has 1 amide bonds. The molecule has 0 saturated carbocycles. The minimum absolute atomic E-state index is 0.245. The van der Waals surface area contributed by atoms with Crippen molar-refractivity contribution in [3.05, 3.63) is 64.7 Å². The van der Waals surface area contributed by atoms with E-state index in [-0.39, 0.29) is 5.91 Å². The zero-order valence-electron chi connectivity index (χ0n) is 13.2. The first-order chi connectivity index (χ1) is 11.1. The Balaban J connectivity index is 1.84. The number of carbonyl (C=O) groups excluding carboxylic acids is 1. The Morgan fingerprint density at radius 1 is 1.13 bits per heavy atom. The van der Waals surface area contributed by atoms with Crippen molar-refractivity contribution in [2.75, 3.05) is 7.11 Å². The molecule has 0 aromatic heterocycles. The van der Waals surface area contributed by atoms with Crippen LogP contribution in [0.5, 0.6) is 5.75 Å². The minimum Gasteiger partial charge on any atom is -0.497 e. The molecule has 0 aliphatic rings. The first kappa shape index (κ1) is 17.0. The molecule has 5 heteroatoms. The van der Waals surface area contributed by atoms with Crippen LogP contribution in [0.1, 0.15) is 29.3 Å². The highest BCUT2D eigenvalue weighted by molar-refractivity contribution is 6.30. The van der Waals surface area contributed by atoms with Gasteiger partial charge in [0.25, 0.3) is 5.91 Å². The maximum Gasteiger partial charge on any atom is 0.271 e. The summed E-state index contributed by atoms with van der Waals surface area (Å²) in [6, 6.07) is 14.6. The first-order valence-corrected chi connectivity index (χ1v) is 7.68. The quantitative estimate of drug-likeness (QED) is 0.640. The number of nitrogens with zero attached hydrogens (tertiary/aromatic N) is 1. The van der Waals surface area contributed by atoms with Crippen LogP contribution in [0.3, 0.4) is 0 Å². The Kier molecular flexibility index (Phi) is 6.18. The Bertz CT molecular complexity index is 679. The van der Waals surface area contributed by atoms with E-state index in [4.69, 9.17) is 16.3 Å². The molecular formula is C18H19ClN2O2. The molecule has 0 atom stereocenters. The van der Waals surface area contributed by atoms with Crippen molar-refractivity contribution < 1.29 is 9.53 Å². The number of halogens is 1. The Morgan fingerprint density at radius 3 is 2.39 bits per heavy atom. The van der Waals surface area contributed by atoms with Gasteiger partial charge >= 0.3 is 0 Å². The summed E-state index contributed by atoms with van der Waals surface area (Å²) in [5.74, 6) is 0.597. The van der Waals surface area contributed by atoms with E-state index >= 15 is 0 Å². The van der Waals surface area contributed by atoms with Gasteiger partial charge in [0.1, 0.15) is 5.75 Å². The van der Waals surface area contributed by atoms with Gasteiger partial charge in [0, 0.05) is 16.3 Å². The standard InChI is InChI=1S/C18H19ClN2O2/c1-13(3-4-14-5-11-17(23-2)12-6-14)20-21-18(22)15-7-9-16(19)10-8-15/h5-12H,3-4H2,1-2H3,(H,21,22)/b20-13-. The third-order valence-electron chi connectivity index (χ3n) is 3.39. The summed E-state index contributed by atoms with van der Waals surface area (Å²) >= 11 is 5.80. The number of aryl methyl sites for hydroxylation is 1. The molecule has 4 nitrogen and oxygen atoms in total. The normalized spacial score (nSPS) is 11.2. The van der Waals surface area contributed by atoms with Crippen molar-refractivity contribution >= 4 is 23.2 Å². The van der Waals surface area contributed by atoms with Crippen LogP contribution in [0.2, 0.25) is 5.02 Å². The molecule has 0 fully saturated rings. The van der Waals surface area contributed by atoms with E-state index in [0.717, 1.165) is 24.3 Å². The molecule has 0 spiro atoms. The monoisotopic (exact) mass is 330 g/mol. The van der Waals surface area contributed by atoms with Gasteiger partial charge in [-0.05, 0) is 61.7 Å².